The Morgan fingerprint density at radius 1 is 1.25 bits per heavy atom. The monoisotopic (exact) mass is 217 g/mol. The third-order valence-corrected chi connectivity index (χ3v) is 3.12. The Morgan fingerprint density at radius 2 is 2.00 bits per heavy atom. The molecule has 16 heavy (non-hydrogen) atoms. The zero-order valence-electron chi connectivity index (χ0n) is 10.1. The molecule has 0 radical (unpaired) electrons. The van der Waals surface area contributed by atoms with Gasteiger partial charge in [-0.15, -0.1) is 0 Å². The number of aromatic amines is 1. The summed E-state index contributed by atoms with van der Waals surface area (Å²) in [7, 11) is 0. The van der Waals surface area contributed by atoms with E-state index in [2.05, 4.69) is 36.1 Å². The van der Waals surface area contributed by atoms with Crippen LogP contribution in [0, 0.1) is 11.8 Å². The first kappa shape index (κ1) is 11.0. The number of nitrogens with zero attached hydrogens (tertiary/aromatic N) is 1. The van der Waals surface area contributed by atoms with E-state index in [9.17, 15) is 0 Å². The van der Waals surface area contributed by atoms with Gasteiger partial charge in [0.2, 0.25) is 5.95 Å². The molecule has 1 aromatic carbocycles. The van der Waals surface area contributed by atoms with Crippen LogP contribution in [0.4, 0.5) is 5.95 Å². The molecule has 0 fully saturated rings. The number of aromatic nitrogens is 2. The van der Waals surface area contributed by atoms with Crippen LogP contribution in [0.1, 0.15) is 20.8 Å². The molecule has 0 aliphatic rings. The number of benzene rings is 1. The maximum atomic E-state index is 4.48. The summed E-state index contributed by atoms with van der Waals surface area (Å²) < 4.78 is 0. The number of H-pyrrole nitrogens is 1. The van der Waals surface area contributed by atoms with Crippen molar-refractivity contribution in [2.75, 3.05) is 11.9 Å². The molecule has 2 aromatic rings. The fourth-order valence-corrected chi connectivity index (χ4v) is 1.53. The van der Waals surface area contributed by atoms with Crippen molar-refractivity contribution in [2.45, 2.75) is 20.8 Å². The fraction of sp³-hybridized carbons (Fsp3) is 0.462. The third kappa shape index (κ3) is 2.35. The van der Waals surface area contributed by atoms with Gasteiger partial charge in [0.15, 0.2) is 0 Å². The number of rotatable bonds is 4. The van der Waals surface area contributed by atoms with Crippen molar-refractivity contribution in [1.29, 1.82) is 0 Å². The highest BCUT2D eigenvalue weighted by Crippen LogP contribution is 2.15. The Hall–Kier alpha value is -1.51. The van der Waals surface area contributed by atoms with E-state index >= 15 is 0 Å². The fourth-order valence-electron chi connectivity index (χ4n) is 1.53. The largest absolute Gasteiger partial charge is 0.356 e. The van der Waals surface area contributed by atoms with Crippen LogP contribution >= 0.6 is 0 Å². The van der Waals surface area contributed by atoms with Crippen LogP contribution in [-0.4, -0.2) is 16.5 Å². The summed E-state index contributed by atoms with van der Waals surface area (Å²) in [6.07, 6.45) is 0. The average molecular weight is 217 g/mol. The molecule has 3 nitrogen and oxygen atoms in total. The lowest BCUT2D eigenvalue weighted by atomic mass is 9.98. The standard InChI is InChI=1S/C13H19N3/c1-9(2)10(3)8-14-13-15-11-6-4-5-7-12(11)16-13/h4-7,9-10H,8H2,1-3H3,(H2,14,15,16)/t10-/m0/s1. The highest BCUT2D eigenvalue weighted by Gasteiger charge is 2.07. The predicted octanol–water partition coefficient (Wildman–Crippen LogP) is 3.27. The Labute approximate surface area is 96.3 Å². The number of imidazole rings is 1. The summed E-state index contributed by atoms with van der Waals surface area (Å²) in [5, 5.41) is 3.35. The second-order valence-electron chi connectivity index (χ2n) is 4.70. The van der Waals surface area contributed by atoms with Crippen molar-refractivity contribution in [3.05, 3.63) is 24.3 Å². The minimum Gasteiger partial charge on any atom is -0.356 e. The second kappa shape index (κ2) is 4.56. The molecule has 0 amide bonds. The van der Waals surface area contributed by atoms with E-state index in [-0.39, 0.29) is 0 Å². The highest BCUT2D eigenvalue weighted by molar-refractivity contribution is 5.77. The van der Waals surface area contributed by atoms with E-state index < -0.39 is 0 Å². The maximum Gasteiger partial charge on any atom is 0.201 e. The molecule has 3 heteroatoms. The van der Waals surface area contributed by atoms with Gasteiger partial charge in [-0.1, -0.05) is 32.9 Å². The number of para-hydroxylation sites is 2. The molecule has 0 bridgehead atoms. The van der Waals surface area contributed by atoms with E-state index in [1.54, 1.807) is 0 Å². The van der Waals surface area contributed by atoms with Gasteiger partial charge in [-0.2, -0.15) is 0 Å². The van der Waals surface area contributed by atoms with Crippen LogP contribution in [0.2, 0.25) is 0 Å². The lowest BCUT2D eigenvalue weighted by Crippen LogP contribution is -2.16. The Kier molecular flexibility index (Phi) is 3.13. The highest BCUT2D eigenvalue weighted by atomic mass is 15.1. The first-order chi connectivity index (χ1) is 7.66. The summed E-state index contributed by atoms with van der Waals surface area (Å²) in [6, 6.07) is 8.08. The first-order valence-corrected chi connectivity index (χ1v) is 5.85. The van der Waals surface area contributed by atoms with Gasteiger partial charge in [-0.3, -0.25) is 0 Å². The SMILES string of the molecule is CC(C)[C@@H](C)CNc1nc2ccccc2[nH]1. The molecule has 2 N–H and O–H groups in total. The summed E-state index contributed by atoms with van der Waals surface area (Å²) >= 11 is 0. The number of nitrogens with one attached hydrogen (secondary N) is 2. The zero-order chi connectivity index (χ0) is 11.5. The molecule has 0 saturated heterocycles. The normalized spacial score (nSPS) is 13.2. The van der Waals surface area contributed by atoms with Gasteiger partial charge in [0, 0.05) is 6.54 Å². The predicted molar refractivity (Wildman–Crippen MR) is 68.6 cm³/mol. The van der Waals surface area contributed by atoms with Gasteiger partial charge in [-0.05, 0) is 24.0 Å². The lowest BCUT2D eigenvalue weighted by molar-refractivity contribution is 0.439. The van der Waals surface area contributed by atoms with Crippen LogP contribution in [0.15, 0.2) is 24.3 Å². The Balaban J connectivity index is 2.05. The quantitative estimate of drug-likeness (QED) is 0.825. The van der Waals surface area contributed by atoms with Crippen LogP contribution in [0.3, 0.4) is 0 Å². The molecule has 0 saturated carbocycles. The minimum atomic E-state index is 0.646. The number of hydrogen-bond donors (Lipinski definition) is 2. The molecule has 0 aliphatic heterocycles. The molecule has 1 heterocycles. The summed E-state index contributed by atoms with van der Waals surface area (Å²) in [5.41, 5.74) is 2.10. The smallest absolute Gasteiger partial charge is 0.201 e. The molecule has 0 spiro atoms. The van der Waals surface area contributed by atoms with Crippen LogP contribution in [0.25, 0.3) is 11.0 Å². The minimum absolute atomic E-state index is 0.646. The number of hydrogen-bond acceptors (Lipinski definition) is 2. The van der Waals surface area contributed by atoms with E-state index in [1.165, 1.54) is 0 Å². The number of fused-ring (bicyclic) bond motifs is 1. The van der Waals surface area contributed by atoms with Crippen LogP contribution in [-0.2, 0) is 0 Å². The van der Waals surface area contributed by atoms with Crippen molar-refractivity contribution in [3.63, 3.8) is 0 Å². The number of anilines is 1. The van der Waals surface area contributed by atoms with Crippen molar-refractivity contribution in [1.82, 2.24) is 9.97 Å². The lowest BCUT2D eigenvalue weighted by Gasteiger charge is -2.15. The molecular weight excluding hydrogens is 198 g/mol. The third-order valence-electron chi connectivity index (χ3n) is 3.12. The van der Waals surface area contributed by atoms with Gasteiger partial charge in [0.1, 0.15) is 0 Å². The van der Waals surface area contributed by atoms with Gasteiger partial charge < -0.3 is 10.3 Å². The molecule has 0 aliphatic carbocycles. The van der Waals surface area contributed by atoms with Gasteiger partial charge in [-0.25, -0.2) is 4.98 Å². The summed E-state index contributed by atoms with van der Waals surface area (Å²) in [5.74, 6) is 2.21. The van der Waals surface area contributed by atoms with Crippen molar-refractivity contribution >= 4 is 17.0 Å². The van der Waals surface area contributed by atoms with Crippen LogP contribution < -0.4 is 5.32 Å². The van der Waals surface area contributed by atoms with Gasteiger partial charge in [0.05, 0.1) is 11.0 Å². The summed E-state index contributed by atoms with van der Waals surface area (Å²) in [6.45, 7) is 7.69. The van der Waals surface area contributed by atoms with Crippen LogP contribution in [0.5, 0.6) is 0 Å². The molecule has 1 atom stereocenters. The molecule has 1 aromatic heterocycles. The van der Waals surface area contributed by atoms with Crippen molar-refractivity contribution in [2.24, 2.45) is 11.8 Å². The first-order valence-electron chi connectivity index (χ1n) is 5.85. The van der Waals surface area contributed by atoms with Crippen molar-refractivity contribution in [3.8, 4) is 0 Å². The van der Waals surface area contributed by atoms with Crippen molar-refractivity contribution < 1.29 is 0 Å². The maximum absolute atomic E-state index is 4.48. The van der Waals surface area contributed by atoms with E-state index in [0.29, 0.717) is 11.8 Å². The molecule has 86 valence electrons. The Morgan fingerprint density at radius 3 is 2.69 bits per heavy atom. The molecule has 2 rings (SSSR count). The molecular formula is C13H19N3. The summed E-state index contributed by atoms with van der Waals surface area (Å²) in [4.78, 5) is 7.74. The van der Waals surface area contributed by atoms with E-state index in [1.807, 2.05) is 24.3 Å². The van der Waals surface area contributed by atoms with E-state index in [0.717, 1.165) is 23.5 Å². The van der Waals surface area contributed by atoms with Gasteiger partial charge in [0.25, 0.3) is 0 Å². The topological polar surface area (TPSA) is 40.7 Å². The zero-order valence-corrected chi connectivity index (χ0v) is 10.1. The average Bonchev–Trinajstić information content (AvgIpc) is 2.68. The molecule has 0 unspecified atom stereocenters. The second-order valence-corrected chi connectivity index (χ2v) is 4.70. The Bertz CT molecular complexity index is 426. The van der Waals surface area contributed by atoms with Gasteiger partial charge >= 0.3 is 0 Å². The van der Waals surface area contributed by atoms with E-state index in [4.69, 9.17) is 0 Å².